The summed E-state index contributed by atoms with van der Waals surface area (Å²) in [6.45, 7) is 7.74. The molecular weight excluding hydrogens is 170 g/mol. The van der Waals surface area contributed by atoms with Gasteiger partial charge >= 0.3 is 5.97 Å². The molecule has 0 bridgehead atoms. The highest BCUT2D eigenvalue weighted by Gasteiger charge is 2.16. The molecule has 4 nitrogen and oxygen atoms in total. The van der Waals surface area contributed by atoms with Gasteiger partial charge in [-0.2, -0.15) is 0 Å². The largest absolute Gasteiger partial charge is 0.481 e. The van der Waals surface area contributed by atoms with Crippen LogP contribution in [0.1, 0.15) is 27.2 Å². The lowest BCUT2D eigenvalue weighted by Gasteiger charge is -2.24. The molecule has 0 saturated heterocycles. The molecule has 0 aliphatic heterocycles. The van der Waals surface area contributed by atoms with Gasteiger partial charge in [-0.1, -0.05) is 0 Å². The highest BCUT2D eigenvalue weighted by Crippen LogP contribution is 2.06. The predicted octanol–water partition coefficient (Wildman–Crippen LogP) is 0.866. The maximum atomic E-state index is 10.2. The van der Waals surface area contributed by atoms with Gasteiger partial charge in [-0.3, -0.25) is 4.79 Å². The molecule has 0 spiro atoms. The highest BCUT2D eigenvalue weighted by atomic mass is 16.5. The third-order valence-corrected chi connectivity index (χ3v) is 1.60. The number of carboxylic acids is 1. The normalized spacial score (nSPS) is 11.6. The Labute approximate surface area is 79.3 Å². The Morgan fingerprint density at radius 1 is 1.54 bits per heavy atom. The number of carbonyl (C=O) groups is 1. The summed E-state index contributed by atoms with van der Waals surface area (Å²) >= 11 is 0. The van der Waals surface area contributed by atoms with Crippen LogP contribution in [0.2, 0.25) is 0 Å². The second-order valence-corrected chi connectivity index (χ2v) is 3.51. The second kappa shape index (κ2) is 5.94. The average molecular weight is 189 g/mol. The van der Waals surface area contributed by atoms with E-state index in [0.717, 1.165) is 0 Å². The Kier molecular flexibility index (Phi) is 5.66. The molecule has 0 aromatic rings. The SMILES string of the molecule is CCOC(C)(C)CNCCC(=O)O. The number of carboxylic acid groups (broad SMARTS) is 1. The Bertz CT molecular complexity index is 157. The summed E-state index contributed by atoms with van der Waals surface area (Å²) in [5, 5.41) is 11.4. The molecule has 4 heteroatoms. The summed E-state index contributed by atoms with van der Waals surface area (Å²) in [4.78, 5) is 10.2. The first-order valence-electron chi connectivity index (χ1n) is 4.54. The van der Waals surface area contributed by atoms with Gasteiger partial charge in [0, 0.05) is 19.7 Å². The van der Waals surface area contributed by atoms with E-state index in [1.165, 1.54) is 0 Å². The van der Waals surface area contributed by atoms with Crippen molar-refractivity contribution in [2.45, 2.75) is 32.8 Å². The first kappa shape index (κ1) is 12.4. The van der Waals surface area contributed by atoms with Gasteiger partial charge in [0.05, 0.1) is 12.0 Å². The minimum Gasteiger partial charge on any atom is -0.481 e. The van der Waals surface area contributed by atoms with Crippen molar-refractivity contribution in [3.8, 4) is 0 Å². The van der Waals surface area contributed by atoms with Crippen LogP contribution < -0.4 is 5.32 Å². The van der Waals surface area contributed by atoms with Crippen molar-refractivity contribution < 1.29 is 14.6 Å². The fourth-order valence-electron chi connectivity index (χ4n) is 1.03. The van der Waals surface area contributed by atoms with Crippen LogP contribution in [0.5, 0.6) is 0 Å². The van der Waals surface area contributed by atoms with Crippen LogP contribution in [0.15, 0.2) is 0 Å². The molecule has 0 aromatic carbocycles. The summed E-state index contributed by atoms with van der Waals surface area (Å²) in [5.41, 5.74) is -0.215. The van der Waals surface area contributed by atoms with E-state index in [-0.39, 0.29) is 12.0 Å². The number of hydrogen-bond acceptors (Lipinski definition) is 3. The number of hydrogen-bond donors (Lipinski definition) is 2. The van der Waals surface area contributed by atoms with E-state index in [0.29, 0.717) is 19.7 Å². The molecule has 2 N–H and O–H groups in total. The van der Waals surface area contributed by atoms with Crippen LogP contribution in [0.25, 0.3) is 0 Å². The van der Waals surface area contributed by atoms with Crippen molar-refractivity contribution in [3.05, 3.63) is 0 Å². The van der Waals surface area contributed by atoms with E-state index in [1.807, 2.05) is 20.8 Å². The molecule has 0 amide bonds. The van der Waals surface area contributed by atoms with E-state index in [9.17, 15) is 4.79 Å². The van der Waals surface area contributed by atoms with Crippen LogP contribution in [-0.2, 0) is 9.53 Å². The Morgan fingerprint density at radius 3 is 2.62 bits per heavy atom. The van der Waals surface area contributed by atoms with Crippen LogP contribution in [0, 0.1) is 0 Å². The average Bonchev–Trinajstić information content (AvgIpc) is 1.98. The molecular formula is C9H19NO3. The number of rotatable bonds is 7. The summed E-state index contributed by atoms with van der Waals surface area (Å²) in [6.07, 6.45) is 0.155. The lowest BCUT2D eigenvalue weighted by Crippen LogP contribution is -2.38. The minimum atomic E-state index is -0.776. The quantitative estimate of drug-likeness (QED) is 0.583. The van der Waals surface area contributed by atoms with E-state index in [1.54, 1.807) is 0 Å². The van der Waals surface area contributed by atoms with Crippen molar-refractivity contribution >= 4 is 5.97 Å². The third-order valence-electron chi connectivity index (χ3n) is 1.60. The first-order chi connectivity index (χ1) is 5.98. The van der Waals surface area contributed by atoms with Gasteiger partial charge < -0.3 is 15.2 Å². The monoisotopic (exact) mass is 189 g/mol. The molecule has 78 valence electrons. The summed E-state index contributed by atoms with van der Waals surface area (Å²) < 4.78 is 5.43. The second-order valence-electron chi connectivity index (χ2n) is 3.51. The maximum Gasteiger partial charge on any atom is 0.304 e. The molecule has 0 fully saturated rings. The molecule has 0 aliphatic rings. The standard InChI is InChI=1S/C9H19NO3/c1-4-13-9(2,3)7-10-6-5-8(11)12/h10H,4-7H2,1-3H3,(H,11,12). The zero-order valence-electron chi connectivity index (χ0n) is 8.59. The minimum absolute atomic E-state index is 0.155. The van der Waals surface area contributed by atoms with Gasteiger partial charge in [0.1, 0.15) is 0 Å². The molecule has 0 atom stereocenters. The van der Waals surface area contributed by atoms with Crippen molar-refractivity contribution in [1.82, 2.24) is 5.32 Å². The van der Waals surface area contributed by atoms with Gasteiger partial charge in [0.15, 0.2) is 0 Å². The number of aliphatic carboxylic acids is 1. The van der Waals surface area contributed by atoms with Crippen LogP contribution >= 0.6 is 0 Å². The summed E-state index contributed by atoms with van der Waals surface area (Å²) in [6, 6.07) is 0. The fourth-order valence-corrected chi connectivity index (χ4v) is 1.03. The van der Waals surface area contributed by atoms with Crippen LogP contribution in [0.3, 0.4) is 0 Å². The third kappa shape index (κ3) is 7.74. The highest BCUT2D eigenvalue weighted by molar-refractivity contribution is 5.66. The zero-order valence-corrected chi connectivity index (χ0v) is 8.59. The van der Waals surface area contributed by atoms with E-state index in [4.69, 9.17) is 9.84 Å². The molecule has 13 heavy (non-hydrogen) atoms. The van der Waals surface area contributed by atoms with Crippen LogP contribution in [-0.4, -0.2) is 36.4 Å². The topological polar surface area (TPSA) is 58.6 Å². The Balaban J connectivity index is 3.45. The van der Waals surface area contributed by atoms with Gasteiger partial charge in [0.2, 0.25) is 0 Å². The maximum absolute atomic E-state index is 10.2. The number of ether oxygens (including phenoxy) is 1. The predicted molar refractivity (Wildman–Crippen MR) is 50.8 cm³/mol. The zero-order chi connectivity index (χ0) is 10.3. The molecule has 0 rings (SSSR count). The van der Waals surface area contributed by atoms with E-state index < -0.39 is 5.97 Å². The van der Waals surface area contributed by atoms with E-state index >= 15 is 0 Å². The van der Waals surface area contributed by atoms with Gasteiger partial charge in [-0.15, -0.1) is 0 Å². The lowest BCUT2D eigenvalue weighted by atomic mass is 10.1. The molecule has 0 aliphatic carbocycles. The molecule has 0 heterocycles. The summed E-state index contributed by atoms with van der Waals surface area (Å²) in [5.74, 6) is -0.776. The Morgan fingerprint density at radius 2 is 2.15 bits per heavy atom. The van der Waals surface area contributed by atoms with Gasteiger partial charge in [0.25, 0.3) is 0 Å². The molecule has 0 aromatic heterocycles. The lowest BCUT2D eigenvalue weighted by molar-refractivity contribution is -0.136. The molecule has 0 radical (unpaired) electrons. The van der Waals surface area contributed by atoms with E-state index in [2.05, 4.69) is 5.32 Å². The van der Waals surface area contributed by atoms with Crippen LogP contribution in [0.4, 0.5) is 0 Å². The summed E-state index contributed by atoms with van der Waals surface area (Å²) in [7, 11) is 0. The van der Waals surface area contributed by atoms with Crippen molar-refractivity contribution in [2.75, 3.05) is 19.7 Å². The van der Waals surface area contributed by atoms with Gasteiger partial charge in [-0.05, 0) is 20.8 Å². The number of nitrogens with one attached hydrogen (secondary N) is 1. The Hall–Kier alpha value is -0.610. The molecule has 0 unspecified atom stereocenters. The van der Waals surface area contributed by atoms with Crippen molar-refractivity contribution in [2.24, 2.45) is 0 Å². The van der Waals surface area contributed by atoms with Crippen molar-refractivity contribution in [3.63, 3.8) is 0 Å². The fraction of sp³-hybridized carbons (Fsp3) is 0.889. The first-order valence-corrected chi connectivity index (χ1v) is 4.54. The van der Waals surface area contributed by atoms with Crippen molar-refractivity contribution in [1.29, 1.82) is 0 Å². The molecule has 0 saturated carbocycles. The smallest absolute Gasteiger partial charge is 0.304 e. The van der Waals surface area contributed by atoms with Gasteiger partial charge in [-0.25, -0.2) is 0 Å².